The minimum atomic E-state index is -3.66. The Bertz CT molecular complexity index is 1600. The Hall–Kier alpha value is -2.78. The molecular formula is C25H22ClN3O3S2. The van der Waals surface area contributed by atoms with E-state index in [9.17, 15) is 13.2 Å². The molecule has 0 saturated heterocycles. The molecular weight excluding hydrogens is 490 g/mol. The van der Waals surface area contributed by atoms with E-state index in [-0.39, 0.29) is 4.90 Å². The van der Waals surface area contributed by atoms with Crippen molar-refractivity contribution >= 4 is 49.1 Å². The summed E-state index contributed by atoms with van der Waals surface area (Å²) in [6.45, 7) is 2.76. The highest BCUT2D eigenvalue weighted by atomic mass is 35.5. The number of rotatable bonds is 3. The van der Waals surface area contributed by atoms with E-state index in [1.54, 1.807) is 0 Å². The van der Waals surface area contributed by atoms with Crippen molar-refractivity contribution in [3.8, 4) is 0 Å². The lowest BCUT2D eigenvalue weighted by atomic mass is 10.0. The topological polar surface area (TPSA) is 71.7 Å². The summed E-state index contributed by atoms with van der Waals surface area (Å²) in [7, 11) is -1.82. The average molecular weight is 512 g/mol. The third-order valence-corrected chi connectivity index (χ3v) is 9.58. The molecule has 1 aliphatic rings. The zero-order valence-corrected chi connectivity index (χ0v) is 21.0. The molecule has 5 rings (SSSR count). The maximum absolute atomic E-state index is 13.2. The van der Waals surface area contributed by atoms with Crippen molar-refractivity contribution in [3.05, 3.63) is 92.7 Å². The molecule has 1 amide bonds. The van der Waals surface area contributed by atoms with E-state index < -0.39 is 15.9 Å². The Labute approximate surface area is 206 Å². The first-order valence-corrected chi connectivity index (χ1v) is 13.4. The van der Waals surface area contributed by atoms with Gasteiger partial charge >= 0.3 is 0 Å². The van der Waals surface area contributed by atoms with Crippen molar-refractivity contribution < 1.29 is 13.2 Å². The number of nitrogens with zero attached hydrogens (tertiary/aromatic N) is 3. The van der Waals surface area contributed by atoms with Gasteiger partial charge in [-0.05, 0) is 60.4 Å². The van der Waals surface area contributed by atoms with Gasteiger partial charge in [0.2, 0.25) is 10.0 Å². The first-order chi connectivity index (χ1) is 16.3. The number of hydrogen-bond acceptors (Lipinski definition) is 4. The molecule has 34 heavy (non-hydrogen) atoms. The lowest BCUT2D eigenvalue weighted by Crippen LogP contribution is -2.35. The van der Waals surface area contributed by atoms with Gasteiger partial charge in [-0.15, -0.1) is 0 Å². The van der Waals surface area contributed by atoms with Crippen molar-refractivity contribution in [3.63, 3.8) is 0 Å². The van der Waals surface area contributed by atoms with Crippen LogP contribution in [0.5, 0.6) is 0 Å². The van der Waals surface area contributed by atoms with Crippen LogP contribution in [-0.2, 0) is 30.0 Å². The number of aromatic nitrogens is 1. The molecule has 0 N–H and O–H groups in total. The zero-order chi connectivity index (χ0) is 24.0. The van der Waals surface area contributed by atoms with Gasteiger partial charge in [-0.25, -0.2) is 8.42 Å². The second kappa shape index (κ2) is 8.78. The summed E-state index contributed by atoms with van der Waals surface area (Å²) in [6.07, 6.45) is 0.681. The molecule has 0 atom stereocenters. The van der Waals surface area contributed by atoms with E-state index in [0.29, 0.717) is 34.9 Å². The van der Waals surface area contributed by atoms with Crippen LogP contribution < -0.4 is 4.80 Å². The maximum atomic E-state index is 13.2. The van der Waals surface area contributed by atoms with E-state index in [0.717, 1.165) is 21.3 Å². The van der Waals surface area contributed by atoms with Crippen LogP contribution in [0.25, 0.3) is 10.2 Å². The predicted molar refractivity (Wildman–Crippen MR) is 135 cm³/mol. The number of sulfonamides is 1. The number of hydrogen-bond donors (Lipinski definition) is 0. The van der Waals surface area contributed by atoms with Crippen molar-refractivity contribution in [2.45, 2.75) is 24.8 Å². The van der Waals surface area contributed by atoms with Gasteiger partial charge in [0.1, 0.15) is 0 Å². The largest absolute Gasteiger partial charge is 0.319 e. The molecule has 0 fully saturated rings. The SMILES string of the molecule is Cc1ccc(Cl)c2sc(=NC(=O)c3ccc(S(=O)(=O)N4CCc5ccccc5C4)cc3)n(C)c12. The van der Waals surface area contributed by atoms with Gasteiger partial charge in [0.15, 0.2) is 4.80 Å². The van der Waals surface area contributed by atoms with Crippen molar-refractivity contribution in [1.29, 1.82) is 0 Å². The smallest absolute Gasteiger partial charge is 0.279 e. The molecule has 0 saturated carbocycles. The number of aryl methyl sites for hydroxylation is 2. The Balaban J connectivity index is 1.42. The number of halogens is 1. The molecule has 0 radical (unpaired) electrons. The molecule has 0 aliphatic carbocycles. The normalized spacial score (nSPS) is 15.0. The highest BCUT2D eigenvalue weighted by Gasteiger charge is 2.28. The third-order valence-electron chi connectivity index (χ3n) is 6.13. The van der Waals surface area contributed by atoms with Gasteiger partial charge in [-0.1, -0.05) is 53.3 Å². The lowest BCUT2D eigenvalue weighted by molar-refractivity contribution is 0.0998. The number of fused-ring (bicyclic) bond motifs is 2. The molecule has 0 spiro atoms. The van der Waals surface area contributed by atoms with E-state index in [4.69, 9.17) is 11.6 Å². The first-order valence-electron chi connectivity index (χ1n) is 10.8. The molecule has 0 unspecified atom stereocenters. The van der Waals surface area contributed by atoms with Crippen LogP contribution in [0.2, 0.25) is 5.02 Å². The Kier molecular flexibility index (Phi) is 5.93. The highest BCUT2D eigenvalue weighted by Crippen LogP contribution is 2.28. The minimum absolute atomic E-state index is 0.165. The fourth-order valence-corrected chi connectivity index (χ4v) is 7.04. The number of thiazole rings is 1. The number of amides is 1. The third kappa shape index (κ3) is 4.01. The molecule has 9 heteroatoms. The van der Waals surface area contributed by atoms with Crippen LogP contribution in [-0.4, -0.2) is 29.7 Å². The second-order valence-corrected chi connectivity index (χ2v) is 11.6. The summed E-state index contributed by atoms with van der Waals surface area (Å²) in [5.74, 6) is -0.438. The lowest BCUT2D eigenvalue weighted by Gasteiger charge is -2.28. The number of benzene rings is 3. The molecule has 3 aromatic carbocycles. The Morgan fingerprint density at radius 3 is 2.44 bits per heavy atom. The fraction of sp³-hybridized carbons (Fsp3) is 0.200. The van der Waals surface area contributed by atoms with E-state index in [2.05, 4.69) is 4.99 Å². The van der Waals surface area contributed by atoms with Crippen molar-refractivity contribution in [2.75, 3.05) is 6.54 Å². The van der Waals surface area contributed by atoms with Crippen LogP contribution in [0.15, 0.2) is 70.6 Å². The summed E-state index contributed by atoms with van der Waals surface area (Å²) < 4.78 is 30.6. The van der Waals surface area contributed by atoms with E-state index >= 15 is 0 Å². The van der Waals surface area contributed by atoms with Gasteiger partial charge in [0.25, 0.3) is 5.91 Å². The van der Waals surface area contributed by atoms with Crippen LogP contribution in [0.1, 0.15) is 27.0 Å². The molecule has 6 nitrogen and oxygen atoms in total. The quantitative estimate of drug-likeness (QED) is 0.400. The summed E-state index contributed by atoms with van der Waals surface area (Å²) in [4.78, 5) is 17.8. The van der Waals surface area contributed by atoms with Gasteiger partial charge in [-0.3, -0.25) is 4.79 Å². The van der Waals surface area contributed by atoms with Crippen molar-refractivity contribution in [2.24, 2.45) is 12.0 Å². The highest BCUT2D eigenvalue weighted by molar-refractivity contribution is 7.89. The van der Waals surface area contributed by atoms with Gasteiger partial charge in [0.05, 0.1) is 20.1 Å². The van der Waals surface area contributed by atoms with Gasteiger partial charge in [-0.2, -0.15) is 9.30 Å². The van der Waals surface area contributed by atoms with E-state index in [1.807, 2.05) is 54.9 Å². The standard InChI is InChI=1S/C25H22ClN3O3S2/c1-16-7-12-21(26)23-22(16)28(2)25(33-23)27-24(30)18-8-10-20(11-9-18)34(31,32)29-14-13-17-5-3-4-6-19(17)15-29/h3-12H,13-15H2,1-2H3. The second-order valence-electron chi connectivity index (χ2n) is 8.28. The minimum Gasteiger partial charge on any atom is -0.319 e. The Morgan fingerprint density at radius 1 is 1.03 bits per heavy atom. The Morgan fingerprint density at radius 2 is 1.74 bits per heavy atom. The summed E-state index contributed by atoms with van der Waals surface area (Å²) in [5.41, 5.74) is 4.51. The van der Waals surface area contributed by atoms with Gasteiger partial charge < -0.3 is 4.57 Å². The molecule has 1 aromatic heterocycles. The predicted octanol–water partition coefficient (Wildman–Crippen LogP) is 4.69. The average Bonchev–Trinajstić information content (AvgIpc) is 3.18. The molecule has 0 bridgehead atoms. The molecule has 174 valence electrons. The molecule has 1 aliphatic heterocycles. The van der Waals surface area contributed by atoms with Crippen LogP contribution >= 0.6 is 22.9 Å². The maximum Gasteiger partial charge on any atom is 0.279 e. The summed E-state index contributed by atoms with van der Waals surface area (Å²) in [6, 6.07) is 17.6. The number of carbonyl (C=O) groups excluding carboxylic acids is 1. The van der Waals surface area contributed by atoms with Gasteiger partial charge in [0, 0.05) is 25.7 Å². The zero-order valence-electron chi connectivity index (χ0n) is 18.7. The fourth-order valence-electron chi connectivity index (χ4n) is 4.26. The number of carbonyl (C=O) groups is 1. The van der Waals surface area contributed by atoms with Crippen molar-refractivity contribution in [1.82, 2.24) is 8.87 Å². The summed E-state index contributed by atoms with van der Waals surface area (Å²) >= 11 is 7.68. The van der Waals surface area contributed by atoms with Crippen LogP contribution in [0, 0.1) is 6.92 Å². The molecule has 4 aromatic rings. The molecule has 2 heterocycles. The monoisotopic (exact) mass is 511 g/mol. The first kappa shape index (κ1) is 23.0. The van der Waals surface area contributed by atoms with Crippen LogP contribution in [0.3, 0.4) is 0 Å². The van der Waals surface area contributed by atoms with E-state index in [1.165, 1.54) is 45.5 Å². The van der Waals surface area contributed by atoms with Crippen LogP contribution in [0.4, 0.5) is 0 Å². The summed E-state index contributed by atoms with van der Waals surface area (Å²) in [5, 5.41) is 0.616.